The lowest BCUT2D eigenvalue weighted by Gasteiger charge is -2.23. The molecule has 1 aliphatic rings. The predicted molar refractivity (Wildman–Crippen MR) is 107 cm³/mol. The maximum atomic E-state index is 13.8. The Hall–Kier alpha value is -2.47. The smallest absolute Gasteiger partial charge is 0.125 e. The van der Waals surface area contributed by atoms with E-state index in [9.17, 15) is 4.39 Å². The lowest BCUT2D eigenvalue weighted by atomic mass is 10.1. The lowest BCUT2D eigenvalue weighted by molar-refractivity contribution is 0.413. The number of hydrogen-bond acceptors (Lipinski definition) is 4. The van der Waals surface area contributed by atoms with Crippen LogP contribution in [-0.2, 0) is 6.54 Å². The van der Waals surface area contributed by atoms with Crippen LogP contribution in [0, 0.1) is 12.7 Å². The SMILES string of the molecule is COc1ccc2c(c1)S[C@@H](c1cccc(F)c1)CCN2Cc1ncc(C)[nH]1. The van der Waals surface area contributed by atoms with Gasteiger partial charge in [-0.15, -0.1) is 11.8 Å². The monoisotopic (exact) mass is 383 g/mol. The number of rotatable bonds is 4. The molecule has 0 unspecified atom stereocenters. The van der Waals surface area contributed by atoms with E-state index in [1.54, 1.807) is 31.0 Å². The summed E-state index contributed by atoms with van der Waals surface area (Å²) < 4.78 is 19.2. The number of imidazole rings is 1. The van der Waals surface area contributed by atoms with E-state index in [4.69, 9.17) is 4.74 Å². The predicted octanol–water partition coefficient (Wildman–Crippen LogP) is 5.11. The van der Waals surface area contributed by atoms with Gasteiger partial charge in [0.2, 0.25) is 0 Å². The highest BCUT2D eigenvalue weighted by atomic mass is 32.2. The number of benzene rings is 2. The number of anilines is 1. The Balaban J connectivity index is 1.68. The average Bonchev–Trinajstić information content (AvgIpc) is 2.99. The van der Waals surface area contributed by atoms with Crippen LogP contribution in [0.4, 0.5) is 10.1 Å². The molecule has 6 heteroatoms. The molecular formula is C21H22FN3OS. The fourth-order valence-corrected chi connectivity index (χ4v) is 4.73. The molecule has 4 rings (SSSR count). The minimum Gasteiger partial charge on any atom is -0.497 e. The molecule has 140 valence electrons. The molecule has 1 atom stereocenters. The van der Waals surface area contributed by atoms with Crippen LogP contribution in [0.5, 0.6) is 5.75 Å². The Morgan fingerprint density at radius 3 is 2.93 bits per heavy atom. The van der Waals surface area contributed by atoms with Crippen LogP contribution in [0.3, 0.4) is 0 Å². The number of aryl methyl sites for hydroxylation is 1. The molecule has 1 aromatic heterocycles. The summed E-state index contributed by atoms with van der Waals surface area (Å²) in [7, 11) is 1.68. The molecule has 4 nitrogen and oxygen atoms in total. The lowest BCUT2D eigenvalue weighted by Crippen LogP contribution is -2.24. The summed E-state index contributed by atoms with van der Waals surface area (Å²) in [5.41, 5.74) is 3.24. The highest BCUT2D eigenvalue weighted by Crippen LogP contribution is 2.46. The standard InChI is InChI=1S/C21H22FN3OS/c1-14-12-23-21(24-14)13-25-9-8-19(15-4-3-5-16(22)10-15)27-20-11-17(26-2)6-7-18(20)25/h3-7,10-12,19H,8-9,13H2,1-2H3,(H,23,24)/t19-/m1/s1. The van der Waals surface area contributed by atoms with Crippen molar-refractivity contribution in [1.29, 1.82) is 0 Å². The maximum Gasteiger partial charge on any atom is 0.125 e. The van der Waals surface area contributed by atoms with Crippen molar-refractivity contribution >= 4 is 17.4 Å². The summed E-state index contributed by atoms with van der Waals surface area (Å²) in [6.07, 6.45) is 2.77. The summed E-state index contributed by atoms with van der Waals surface area (Å²) in [6.45, 7) is 3.59. The van der Waals surface area contributed by atoms with Crippen LogP contribution in [0.25, 0.3) is 0 Å². The number of nitrogens with zero attached hydrogens (tertiary/aromatic N) is 2. The highest BCUT2D eigenvalue weighted by Gasteiger charge is 2.24. The number of aromatic amines is 1. The molecule has 1 N–H and O–H groups in total. The summed E-state index contributed by atoms with van der Waals surface area (Å²) >= 11 is 1.77. The van der Waals surface area contributed by atoms with Crippen LogP contribution in [-0.4, -0.2) is 23.6 Å². The van der Waals surface area contributed by atoms with E-state index in [2.05, 4.69) is 27.0 Å². The molecule has 2 aromatic carbocycles. The van der Waals surface area contributed by atoms with E-state index in [0.717, 1.165) is 46.4 Å². The van der Waals surface area contributed by atoms with Gasteiger partial charge in [0.05, 0.1) is 19.3 Å². The van der Waals surface area contributed by atoms with Gasteiger partial charge in [0.15, 0.2) is 0 Å². The zero-order valence-electron chi connectivity index (χ0n) is 15.4. The van der Waals surface area contributed by atoms with E-state index in [1.807, 2.05) is 25.3 Å². The second-order valence-corrected chi connectivity index (χ2v) is 7.96. The topological polar surface area (TPSA) is 41.1 Å². The Bertz CT molecular complexity index is 943. The Labute approximate surface area is 162 Å². The molecule has 3 aromatic rings. The number of methoxy groups -OCH3 is 1. The minimum atomic E-state index is -0.189. The van der Waals surface area contributed by atoms with E-state index in [-0.39, 0.29) is 11.1 Å². The summed E-state index contributed by atoms with van der Waals surface area (Å²) in [6, 6.07) is 13.1. The van der Waals surface area contributed by atoms with Crippen LogP contribution in [0.1, 0.15) is 28.8 Å². The van der Waals surface area contributed by atoms with Crippen molar-refractivity contribution in [3.63, 3.8) is 0 Å². The van der Waals surface area contributed by atoms with Crippen molar-refractivity contribution in [1.82, 2.24) is 9.97 Å². The highest BCUT2D eigenvalue weighted by molar-refractivity contribution is 7.99. The number of nitrogens with one attached hydrogen (secondary N) is 1. The van der Waals surface area contributed by atoms with Gasteiger partial charge in [0, 0.05) is 28.6 Å². The quantitative estimate of drug-likeness (QED) is 0.680. The van der Waals surface area contributed by atoms with Gasteiger partial charge in [-0.05, 0) is 49.2 Å². The van der Waals surface area contributed by atoms with Crippen LogP contribution in [0.2, 0.25) is 0 Å². The molecule has 27 heavy (non-hydrogen) atoms. The number of ether oxygens (including phenoxy) is 1. The maximum absolute atomic E-state index is 13.8. The van der Waals surface area contributed by atoms with E-state index >= 15 is 0 Å². The number of aromatic nitrogens is 2. The zero-order chi connectivity index (χ0) is 18.8. The Morgan fingerprint density at radius 1 is 1.30 bits per heavy atom. The van der Waals surface area contributed by atoms with Gasteiger partial charge in [-0.1, -0.05) is 12.1 Å². The molecule has 0 radical (unpaired) electrons. The third-order valence-electron chi connectivity index (χ3n) is 4.75. The molecule has 0 amide bonds. The van der Waals surface area contributed by atoms with Crippen molar-refractivity contribution < 1.29 is 9.13 Å². The van der Waals surface area contributed by atoms with Crippen LogP contribution in [0.15, 0.2) is 53.6 Å². The fraction of sp³-hybridized carbons (Fsp3) is 0.286. The van der Waals surface area contributed by atoms with Gasteiger partial charge in [-0.3, -0.25) is 0 Å². The van der Waals surface area contributed by atoms with Crippen molar-refractivity contribution in [2.75, 3.05) is 18.6 Å². The molecule has 0 aliphatic carbocycles. The Morgan fingerprint density at radius 2 is 2.19 bits per heavy atom. The molecule has 0 bridgehead atoms. The number of thioether (sulfide) groups is 1. The third-order valence-corrected chi connectivity index (χ3v) is 6.13. The second-order valence-electron chi connectivity index (χ2n) is 6.72. The van der Waals surface area contributed by atoms with Crippen molar-refractivity contribution in [2.45, 2.75) is 30.0 Å². The van der Waals surface area contributed by atoms with Crippen molar-refractivity contribution in [2.24, 2.45) is 0 Å². The molecule has 2 heterocycles. The van der Waals surface area contributed by atoms with E-state index in [1.165, 1.54) is 6.07 Å². The van der Waals surface area contributed by atoms with Gasteiger partial charge in [-0.25, -0.2) is 9.37 Å². The molecule has 0 saturated carbocycles. The fourth-order valence-electron chi connectivity index (χ4n) is 3.42. The molecule has 1 aliphatic heterocycles. The molecule has 0 saturated heterocycles. The minimum absolute atomic E-state index is 0.189. The first-order valence-corrected chi connectivity index (χ1v) is 9.86. The second kappa shape index (κ2) is 7.64. The molecular weight excluding hydrogens is 361 g/mol. The van der Waals surface area contributed by atoms with Crippen LogP contribution >= 0.6 is 11.8 Å². The average molecular weight is 383 g/mol. The number of fused-ring (bicyclic) bond motifs is 1. The van der Waals surface area contributed by atoms with Crippen molar-refractivity contribution in [3.05, 3.63) is 71.6 Å². The van der Waals surface area contributed by atoms with Gasteiger partial charge in [0.25, 0.3) is 0 Å². The summed E-state index contributed by atoms with van der Waals surface area (Å²) in [5.74, 6) is 1.59. The summed E-state index contributed by atoms with van der Waals surface area (Å²) in [5, 5.41) is 0.190. The van der Waals surface area contributed by atoms with E-state index < -0.39 is 0 Å². The first-order valence-electron chi connectivity index (χ1n) is 8.98. The summed E-state index contributed by atoms with van der Waals surface area (Å²) in [4.78, 5) is 11.2. The zero-order valence-corrected chi connectivity index (χ0v) is 16.2. The largest absolute Gasteiger partial charge is 0.497 e. The number of halogens is 1. The Kier molecular flexibility index (Phi) is 5.07. The van der Waals surface area contributed by atoms with E-state index in [0.29, 0.717) is 6.54 Å². The van der Waals surface area contributed by atoms with Gasteiger partial charge < -0.3 is 14.6 Å². The van der Waals surface area contributed by atoms with Gasteiger partial charge in [-0.2, -0.15) is 0 Å². The van der Waals surface area contributed by atoms with Gasteiger partial charge in [0.1, 0.15) is 17.4 Å². The number of H-pyrrole nitrogens is 1. The first-order chi connectivity index (χ1) is 13.1. The van der Waals surface area contributed by atoms with Gasteiger partial charge >= 0.3 is 0 Å². The van der Waals surface area contributed by atoms with Crippen molar-refractivity contribution in [3.8, 4) is 5.75 Å². The first kappa shape index (κ1) is 17.9. The third kappa shape index (κ3) is 3.95. The number of hydrogen-bond donors (Lipinski definition) is 1. The molecule has 0 spiro atoms. The van der Waals surface area contributed by atoms with Crippen LogP contribution < -0.4 is 9.64 Å². The molecule has 0 fully saturated rings. The normalized spacial score (nSPS) is 16.7.